The van der Waals surface area contributed by atoms with Crippen molar-refractivity contribution in [3.05, 3.63) is 48.3 Å². The third-order valence-corrected chi connectivity index (χ3v) is 2.99. The fraction of sp³-hybridized carbons (Fsp3) is 0.286. The van der Waals surface area contributed by atoms with E-state index in [1.54, 1.807) is 12.5 Å². The number of hydrogen-bond acceptors (Lipinski definition) is 3. The number of aryl methyl sites for hydroxylation is 1. The minimum atomic E-state index is -0.572. The Morgan fingerprint density at radius 1 is 1.40 bits per heavy atom. The zero-order valence-electron chi connectivity index (χ0n) is 11.1. The summed E-state index contributed by atoms with van der Waals surface area (Å²) in [4.78, 5) is 15.8. The molecule has 2 rings (SSSR count). The van der Waals surface area contributed by atoms with Crippen LogP contribution in [0.5, 0.6) is 0 Å². The fourth-order valence-corrected chi connectivity index (χ4v) is 1.87. The van der Waals surface area contributed by atoms with Gasteiger partial charge in [0.25, 0.3) is 5.91 Å². The second-order valence-corrected chi connectivity index (χ2v) is 4.46. The number of halogens is 1. The number of rotatable bonds is 6. The number of amides is 1. The van der Waals surface area contributed by atoms with Crippen LogP contribution in [0.4, 0.5) is 10.1 Å². The molecule has 0 atom stereocenters. The van der Waals surface area contributed by atoms with Gasteiger partial charge in [-0.3, -0.25) is 4.79 Å². The Morgan fingerprint density at radius 2 is 2.25 bits per heavy atom. The zero-order valence-corrected chi connectivity index (χ0v) is 11.1. The smallest absolute Gasteiger partial charge is 0.253 e. The van der Waals surface area contributed by atoms with Gasteiger partial charge >= 0.3 is 0 Å². The Bertz CT molecular complexity index is 569. The van der Waals surface area contributed by atoms with E-state index in [2.05, 4.69) is 10.3 Å². The highest BCUT2D eigenvalue weighted by molar-refractivity contribution is 5.99. The molecule has 106 valence electrons. The van der Waals surface area contributed by atoms with E-state index in [0.717, 1.165) is 19.4 Å². The van der Waals surface area contributed by atoms with Gasteiger partial charge in [0.2, 0.25) is 0 Å². The average Bonchev–Trinajstić information content (AvgIpc) is 2.94. The number of hydrogen-bond donors (Lipinski definition) is 2. The third-order valence-electron chi connectivity index (χ3n) is 2.99. The summed E-state index contributed by atoms with van der Waals surface area (Å²) in [5.41, 5.74) is 5.60. The number of benzene rings is 1. The molecule has 6 heteroatoms. The van der Waals surface area contributed by atoms with Crippen LogP contribution >= 0.6 is 0 Å². The van der Waals surface area contributed by atoms with Crippen molar-refractivity contribution in [2.75, 3.05) is 12.3 Å². The second kappa shape index (κ2) is 6.70. The highest BCUT2D eigenvalue weighted by atomic mass is 19.1. The van der Waals surface area contributed by atoms with Gasteiger partial charge in [-0.15, -0.1) is 0 Å². The van der Waals surface area contributed by atoms with E-state index >= 15 is 0 Å². The molecule has 0 saturated carbocycles. The van der Waals surface area contributed by atoms with Crippen LogP contribution in [-0.4, -0.2) is 22.0 Å². The van der Waals surface area contributed by atoms with Gasteiger partial charge in [-0.1, -0.05) is 6.07 Å². The number of nitrogens with two attached hydrogens (primary N) is 1. The van der Waals surface area contributed by atoms with Crippen molar-refractivity contribution in [3.8, 4) is 0 Å². The van der Waals surface area contributed by atoms with Gasteiger partial charge in [0.05, 0.1) is 17.6 Å². The first-order chi connectivity index (χ1) is 9.68. The Kier molecular flexibility index (Phi) is 4.70. The summed E-state index contributed by atoms with van der Waals surface area (Å²) >= 11 is 0. The lowest BCUT2D eigenvalue weighted by Crippen LogP contribution is -2.25. The monoisotopic (exact) mass is 276 g/mol. The molecule has 0 saturated heterocycles. The summed E-state index contributed by atoms with van der Waals surface area (Å²) in [5, 5.41) is 2.74. The molecule has 0 fully saturated rings. The van der Waals surface area contributed by atoms with E-state index in [-0.39, 0.29) is 17.2 Å². The molecule has 5 nitrogen and oxygen atoms in total. The molecule has 1 amide bonds. The van der Waals surface area contributed by atoms with E-state index in [4.69, 9.17) is 5.73 Å². The molecule has 3 N–H and O–H groups in total. The van der Waals surface area contributed by atoms with Crippen LogP contribution in [0, 0.1) is 5.82 Å². The van der Waals surface area contributed by atoms with E-state index in [0.29, 0.717) is 6.54 Å². The third kappa shape index (κ3) is 3.57. The minimum absolute atomic E-state index is 0.108. The van der Waals surface area contributed by atoms with E-state index in [1.807, 2.05) is 10.8 Å². The number of carbonyl (C=O) groups excluding carboxylic acids is 1. The van der Waals surface area contributed by atoms with E-state index < -0.39 is 5.82 Å². The van der Waals surface area contributed by atoms with Crippen molar-refractivity contribution >= 4 is 11.6 Å². The second-order valence-electron chi connectivity index (χ2n) is 4.46. The molecule has 0 radical (unpaired) electrons. The van der Waals surface area contributed by atoms with Crippen molar-refractivity contribution in [1.29, 1.82) is 0 Å². The Labute approximate surface area is 116 Å². The normalized spacial score (nSPS) is 10.4. The zero-order chi connectivity index (χ0) is 14.4. The average molecular weight is 276 g/mol. The molecule has 2 aromatic rings. The number of para-hydroxylation sites is 1. The van der Waals surface area contributed by atoms with Gasteiger partial charge in [0.15, 0.2) is 0 Å². The molecule has 20 heavy (non-hydrogen) atoms. The lowest BCUT2D eigenvalue weighted by molar-refractivity contribution is 0.0953. The van der Waals surface area contributed by atoms with Crippen molar-refractivity contribution in [2.45, 2.75) is 19.4 Å². The first-order valence-electron chi connectivity index (χ1n) is 6.46. The van der Waals surface area contributed by atoms with Crippen LogP contribution in [0.1, 0.15) is 23.2 Å². The molecule has 1 heterocycles. The number of nitrogens with one attached hydrogen (secondary N) is 1. The molecule has 0 aliphatic heterocycles. The molecule has 0 spiro atoms. The lowest BCUT2D eigenvalue weighted by atomic mass is 10.1. The largest absolute Gasteiger partial charge is 0.396 e. The molecule has 0 bridgehead atoms. The molecule has 1 aromatic heterocycles. The molecule has 0 aliphatic rings. The van der Waals surface area contributed by atoms with Crippen LogP contribution in [0.25, 0.3) is 0 Å². The number of carbonyl (C=O) groups is 1. The summed E-state index contributed by atoms with van der Waals surface area (Å²) in [5.74, 6) is -0.914. The Hall–Kier alpha value is -2.37. The summed E-state index contributed by atoms with van der Waals surface area (Å²) in [7, 11) is 0. The highest BCUT2D eigenvalue weighted by Crippen LogP contribution is 2.15. The van der Waals surface area contributed by atoms with Gasteiger partial charge < -0.3 is 15.6 Å². The topological polar surface area (TPSA) is 72.9 Å². The van der Waals surface area contributed by atoms with Crippen LogP contribution in [-0.2, 0) is 6.54 Å². The molecule has 1 aromatic carbocycles. The first kappa shape index (κ1) is 14.0. The predicted octanol–water partition coefficient (Wildman–Crippen LogP) is 1.81. The number of unbranched alkanes of at least 4 members (excludes halogenated alkanes) is 1. The molecular weight excluding hydrogens is 259 g/mol. The Morgan fingerprint density at radius 3 is 3.00 bits per heavy atom. The maximum Gasteiger partial charge on any atom is 0.253 e. The quantitative estimate of drug-likeness (QED) is 0.624. The Balaban J connectivity index is 1.74. The summed E-state index contributed by atoms with van der Waals surface area (Å²) in [6.07, 6.45) is 7.14. The SMILES string of the molecule is Nc1c(F)cccc1C(=O)NCCCCn1ccnc1. The van der Waals surface area contributed by atoms with Gasteiger partial charge in [0, 0.05) is 25.5 Å². The standard InChI is InChI=1S/C14H17FN4O/c15-12-5-3-4-11(13(12)16)14(20)18-6-1-2-8-19-9-7-17-10-19/h3-5,7,9-10H,1-2,6,8,16H2,(H,18,20). The summed E-state index contributed by atoms with van der Waals surface area (Å²) in [6, 6.07) is 4.22. The maximum atomic E-state index is 13.2. The number of nitrogens with zero attached hydrogens (tertiary/aromatic N) is 2. The van der Waals surface area contributed by atoms with Crippen LogP contribution < -0.4 is 11.1 Å². The fourth-order valence-electron chi connectivity index (χ4n) is 1.87. The summed E-state index contributed by atoms with van der Waals surface area (Å²) in [6.45, 7) is 1.39. The molecule has 0 unspecified atom stereocenters. The highest BCUT2D eigenvalue weighted by Gasteiger charge is 2.11. The van der Waals surface area contributed by atoms with Gasteiger partial charge in [-0.05, 0) is 25.0 Å². The minimum Gasteiger partial charge on any atom is -0.396 e. The first-order valence-corrected chi connectivity index (χ1v) is 6.46. The van der Waals surface area contributed by atoms with Gasteiger partial charge in [-0.25, -0.2) is 9.37 Å². The van der Waals surface area contributed by atoms with Crippen molar-refractivity contribution < 1.29 is 9.18 Å². The number of imidazole rings is 1. The van der Waals surface area contributed by atoms with Crippen LogP contribution in [0.3, 0.4) is 0 Å². The van der Waals surface area contributed by atoms with E-state index in [1.165, 1.54) is 18.2 Å². The molecule has 0 aliphatic carbocycles. The van der Waals surface area contributed by atoms with Crippen LogP contribution in [0.2, 0.25) is 0 Å². The summed E-state index contributed by atoms with van der Waals surface area (Å²) < 4.78 is 15.2. The lowest BCUT2D eigenvalue weighted by Gasteiger charge is -2.08. The predicted molar refractivity (Wildman–Crippen MR) is 74.6 cm³/mol. The number of anilines is 1. The van der Waals surface area contributed by atoms with Crippen LogP contribution in [0.15, 0.2) is 36.9 Å². The van der Waals surface area contributed by atoms with Crippen molar-refractivity contribution in [2.24, 2.45) is 0 Å². The van der Waals surface area contributed by atoms with Crippen molar-refractivity contribution in [3.63, 3.8) is 0 Å². The van der Waals surface area contributed by atoms with Gasteiger partial charge in [-0.2, -0.15) is 0 Å². The van der Waals surface area contributed by atoms with Gasteiger partial charge in [0.1, 0.15) is 5.82 Å². The van der Waals surface area contributed by atoms with Crippen molar-refractivity contribution in [1.82, 2.24) is 14.9 Å². The number of nitrogen functional groups attached to an aromatic ring is 1. The van der Waals surface area contributed by atoms with E-state index in [9.17, 15) is 9.18 Å². The number of aromatic nitrogens is 2. The molecular formula is C14H17FN4O. The maximum absolute atomic E-state index is 13.2.